The second-order valence-electron chi connectivity index (χ2n) is 14.4. The van der Waals surface area contributed by atoms with Crippen molar-refractivity contribution in [3.05, 3.63) is 124 Å². The number of hydrogen-bond donors (Lipinski definition) is 1. The van der Waals surface area contributed by atoms with Crippen LogP contribution in [-0.4, -0.2) is 63.2 Å². The maximum atomic E-state index is 14.4. The molecular formula is C42H50Cl2FN3O5. The van der Waals surface area contributed by atoms with Gasteiger partial charge in [-0.3, -0.25) is 9.59 Å². The fourth-order valence-electron chi connectivity index (χ4n) is 6.35. The maximum absolute atomic E-state index is 14.4. The van der Waals surface area contributed by atoms with Gasteiger partial charge in [0.2, 0.25) is 5.91 Å². The first-order valence-electron chi connectivity index (χ1n) is 17.7. The molecule has 1 N–H and O–H groups in total. The van der Waals surface area contributed by atoms with Crippen LogP contribution in [0, 0.1) is 11.2 Å². The molecule has 0 saturated carbocycles. The zero-order valence-electron chi connectivity index (χ0n) is 31.1. The van der Waals surface area contributed by atoms with E-state index in [4.69, 9.17) is 25.8 Å². The summed E-state index contributed by atoms with van der Waals surface area (Å²) in [5.74, 6) is -0.228. The first kappa shape index (κ1) is 41.6. The van der Waals surface area contributed by atoms with Gasteiger partial charge in [0.25, 0.3) is 5.91 Å². The average molecular weight is 767 g/mol. The van der Waals surface area contributed by atoms with Crippen LogP contribution in [0.15, 0.2) is 91.0 Å². The molecule has 1 heterocycles. The lowest BCUT2D eigenvalue weighted by atomic mass is 9.94. The van der Waals surface area contributed by atoms with Crippen LogP contribution in [0.25, 0.3) is 0 Å². The number of para-hydroxylation sites is 1. The summed E-state index contributed by atoms with van der Waals surface area (Å²) < 4.78 is 33.3. The highest BCUT2D eigenvalue weighted by atomic mass is 35.5. The molecule has 53 heavy (non-hydrogen) atoms. The Hall–Kier alpha value is -4.15. The van der Waals surface area contributed by atoms with Gasteiger partial charge in [-0.25, -0.2) is 4.39 Å². The van der Waals surface area contributed by atoms with E-state index in [1.165, 1.54) is 11.6 Å². The standard InChI is InChI=1S/C42H49ClFN3O5.ClH/c1-42(2,3)28-47-35-21-20-31(43)25-33(35)39(52-37(41(47)49)26-38(48)45-27-30-16-9-10-18-34(30)44)32-17-11-19-36(40(32)50-5)51-24-23-46(4)22-12-15-29-13-7-6-8-14-29;/h6-11,13-14,16-21,25,37,39H,12,15,22-24,26-28H2,1-5H3,(H,45,48);1H/t37-,39-;/m0./s1. The van der Waals surface area contributed by atoms with Gasteiger partial charge in [0.1, 0.15) is 24.6 Å². The van der Waals surface area contributed by atoms with Gasteiger partial charge in [-0.05, 0) is 67.7 Å². The van der Waals surface area contributed by atoms with Crippen LogP contribution >= 0.6 is 24.0 Å². The monoisotopic (exact) mass is 765 g/mol. The van der Waals surface area contributed by atoms with E-state index in [0.717, 1.165) is 19.4 Å². The van der Waals surface area contributed by atoms with Crippen molar-refractivity contribution in [2.45, 2.75) is 58.8 Å². The van der Waals surface area contributed by atoms with Crippen molar-refractivity contribution in [1.29, 1.82) is 0 Å². The number of anilines is 1. The lowest BCUT2D eigenvalue weighted by molar-refractivity contribution is -0.138. The molecule has 0 bridgehead atoms. The quantitative estimate of drug-likeness (QED) is 0.131. The fourth-order valence-corrected chi connectivity index (χ4v) is 6.53. The summed E-state index contributed by atoms with van der Waals surface area (Å²) >= 11 is 6.59. The Morgan fingerprint density at radius 1 is 0.981 bits per heavy atom. The van der Waals surface area contributed by atoms with E-state index in [1.807, 2.05) is 51.1 Å². The van der Waals surface area contributed by atoms with Gasteiger partial charge >= 0.3 is 0 Å². The van der Waals surface area contributed by atoms with Crippen molar-refractivity contribution in [3.8, 4) is 11.5 Å². The van der Waals surface area contributed by atoms with Gasteiger partial charge in [0.15, 0.2) is 11.5 Å². The largest absolute Gasteiger partial charge is 0.492 e. The van der Waals surface area contributed by atoms with Gasteiger partial charge in [-0.15, -0.1) is 12.4 Å². The van der Waals surface area contributed by atoms with E-state index in [0.29, 0.717) is 58.6 Å². The molecule has 2 amide bonds. The summed E-state index contributed by atoms with van der Waals surface area (Å²) in [5.41, 5.74) is 3.30. The highest BCUT2D eigenvalue weighted by molar-refractivity contribution is 6.30. The molecule has 0 saturated heterocycles. The summed E-state index contributed by atoms with van der Waals surface area (Å²) in [6, 6.07) is 27.6. The molecule has 0 aliphatic carbocycles. The van der Waals surface area contributed by atoms with Crippen LogP contribution in [0.2, 0.25) is 5.02 Å². The smallest absolute Gasteiger partial charge is 0.256 e. The first-order chi connectivity index (χ1) is 24.9. The number of nitrogens with zero attached hydrogens (tertiary/aromatic N) is 2. The van der Waals surface area contributed by atoms with Gasteiger partial charge in [0.05, 0.1) is 13.5 Å². The SMILES string of the molecule is COc1c(OCCN(C)CCCc2ccccc2)cccc1[C@@H]1O[C@@H](CC(=O)NCc2ccccc2F)C(=O)N(CC(C)(C)C)c2ccc(Cl)cc21.Cl. The Morgan fingerprint density at radius 3 is 2.43 bits per heavy atom. The summed E-state index contributed by atoms with van der Waals surface area (Å²) in [4.78, 5) is 31.6. The number of carbonyl (C=O) groups is 2. The number of rotatable bonds is 15. The summed E-state index contributed by atoms with van der Waals surface area (Å²) in [5, 5.41) is 3.23. The normalized spacial score (nSPS) is 15.7. The van der Waals surface area contributed by atoms with Gasteiger partial charge in [-0.2, -0.15) is 0 Å². The van der Waals surface area contributed by atoms with Crippen LogP contribution in [-0.2, 0) is 27.3 Å². The molecule has 1 aliphatic rings. The third-order valence-electron chi connectivity index (χ3n) is 8.92. The number of hydrogen-bond acceptors (Lipinski definition) is 6. The van der Waals surface area contributed by atoms with Gasteiger partial charge in [-0.1, -0.05) is 93.0 Å². The van der Waals surface area contributed by atoms with E-state index in [1.54, 1.807) is 42.3 Å². The molecule has 0 radical (unpaired) electrons. The number of halogens is 3. The number of ether oxygens (including phenoxy) is 3. The van der Waals surface area contributed by atoms with E-state index >= 15 is 0 Å². The zero-order chi connectivity index (χ0) is 37.3. The Bertz CT molecular complexity index is 1820. The molecular weight excluding hydrogens is 716 g/mol. The highest BCUT2D eigenvalue weighted by Gasteiger charge is 2.40. The molecule has 2 atom stereocenters. The topological polar surface area (TPSA) is 80.3 Å². The number of likely N-dealkylation sites (N-methyl/N-ethyl adjacent to an activating group) is 1. The van der Waals surface area contributed by atoms with E-state index in [-0.39, 0.29) is 36.7 Å². The van der Waals surface area contributed by atoms with Crippen molar-refractivity contribution in [2.24, 2.45) is 5.41 Å². The van der Waals surface area contributed by atoms with Gasteiger partial charge in [0, 0.05) is 47.0 Å². The molecule has 4 aromatic rings. The maximum Gasteiger partial charge on any atom is 0.256 e. The van der Waals surface area contributed by atoms with E-state index < -0.39 is 23.9 Å². The van der Waals surface area contributed by atoms with Crippen molar-refractivity contribution >= 4 is 41.5 Å². The van der Waals surface area contributed by atoms with E-state index in [9.17, 15) is 14.0 Å². The molecule has 0 spiro atoms. The molecule has 4 aromatic carbocycles. The van der Waals surface area contributed by atoms with Crippen LogP contribution in [0.4, 0.5) is 10.1 Å². The average Bonchev–Trinajstić information content (AvgIpc) is 3.21. The minimum Gasteiger partial charge on any atom is -0.492 e. The van der Waals surface area contributed by atoms with Crippen molar-refractivity contribution in [2.75, 3.05) is 45.3 Å². The zero-order valence-corrected chi connectivity index (χ0v) is 32.6. The van der Waals surface area contributed by atoms with Crippen molar-refractivity contribution < 1.29 is 28.2 Å². The third kappa shape index (κ3) is 11.4. The number of benzene rings is 4. The minimum atomic E-state index is -1.17. The second-order valence-corrected chi connectivity index (χ2v) is 14.8. The Labute approximate surface area is 324 Å². The number of aryl methyl sites for hydroxylation is 1. The van der Waals surface area contributed by atoms with Crippen LogP contribution < -0.4 is 19.7 Å². The minimum absolute atomic E-state index is 0. The van der Waals surface area contributed by atoms with Crippen molar-refractivity contribution in [1.82, 2.24) is 10.2 Å². The van der Waals surface area contributed by atoms with E-state index in [2.05, 4.69) is 41.5 Å². The number of nitrogens with one attached hydrogen (secondary N) is 1. The highest BCUT2D eigenvalue weighted by Crippen LogP contribution is 2.45. The number of methoxy groups -OCH3 is 1. The molecule has 0 unspecified atom stereocenters. The second kappa shape index (κ2) is 19.3. The molecule has 11 heteroatoms. The Balaban J connectivity index is 0.00000627. The Morgan fingerprint density at radius 2 is 1.72 bits per heavy atom. The summed E-state index contributed by atoms with van der Waals surface area (Å²) in [6.07, 6.45) is -0.239. The third-order valence-corrected chi connectivity index (χ3v) is 9.15. The fraction of sp³-hybridized carbons (Fsp3) is 0.381. The van der Waals surface area contributed by atoms with Crippen LogP contribution in [0.1, 0.15) is 62.0 Å². The molecule has 284 valence electrons. The number of fused-ring (bicyclic) bond motifs is 1. The first-order valence-corrected chi connectivity index (χ1v) is 18.1. The molecule has 8 nitrogen and oxygen atoms in total. The molecule has 5 rings (SSSR count). The Kier molecular flexibility index (Phi) is 15.1. The molecule has 0 fully saturated rings. The van der Waals surface area contributed by atoms with Gasteiger partial charge < -0.3 is 29.3 Å². The number of amides is 2. The van der Waals surface area contributed by atoms with Crippen molar-refractivity contribution in [3.63, 3.8) is 0 Å². The summed E-state index contributed by atoms with van der Waals surface area (Å²) in [7, 11) is 3.65. The van der Waals surface area contributed by atoms with Crippen LogP contribution in [0.5, 0.6) is 11.5 Å². The predicted molar refractivity (Wildman–Crippen MR) is 211 cm³/mol. The predicted octanol–water partition coefficient (Wildman–Crippen LogP) is 8.43. The molecule has 0 aromatic heterocycles. The lowest BCUT2D eigenvalue weighted by Gasteiger charge is -2.31. The lowest BCUT2D eigenvalue weighted by Crippen LogP contribution is -2.45. The molecule has 1 aliphatic heterocycles. The number of carbonyl (C=O) groups excluding carboxylic acids is 2. The van der Waals surface area contributed by atoms with Crippen LogP contribution in [0.3, 0.4) is 0 Å². The summed E-state index contributed by atoms with van der Waals surface area (Å²) in [6.45, 7) is 8.53.